The van der Waals surface area contributed by atoms with Crippen molar-refractivity contribution in [1.29, 1.82) is 5.26 Å². The van der Waals surface area contributed by atoms with Crippen LogP contribution in [0.1, 0.15) is 36.5 Å². The molecule has 1 aliphatic rings. The molecule has 0 amide bonds. The molecule has 1 unspecified atom stereocenters. The second-order valence-electron chi connectivity index (χ2n) is 5.73. The molecule has 3 heteroatoms. The summed E-state index contributed by atoms with van der Waals surface area (Å²) < 4.78 is 0. The second-order valence-corrected chi connectivity index (χ2v) is 5.73. The molecule has 0 aliphatic carbocycles. The smallest absolute Gasteiger partial charge is 0.0991 e. The summed E-state index contributed by atoms with van der Waals surface area (Å²) in [5.41, 5.74) is 9.27. The first-order valence-corrected chi connectivity index (χ1v) is 7.07. The van der Waals surface area contributed by atoms with Gasteiger partial charge in [0.1, 0.15) is 0 Å². The van der Waals surface area contributed by atoms with Crippen molar-refractivity contribution in [1.82, 2.24) is 4.90 Å². The first kappa shape index (κ1) is 14.0. The van der Waals surface area contributed by atoms with Crippen LogP contribution in [0, 0.1) is 24.2 Å². The lowest BCUT2D eigenvalue weighted by Gasteiger charge is -2.34. The van der Waals surface area contributed by atoms with Gasteiger partial charge < -0.3 is 5.73 Å². The number of benzene rings is 1. The van der Waals surface area contributed by atoms with E-state index in [0.29, 0.717) is 12.0 Å². The fraction of sp³-hybridized carbons (Fsp3) is 0.562. The molecule has 2 N–H and O–H groups in total. The lowest BCUT2D eigenvalue weighted by atomic mass is 9.90. The highest BCUT2D eigenvalue weighted by Gasteiger charge is 2.21. The summed E-state index contributed by atoms with van der Waals surface area (Å²) >= 11 is 0. The lowest BCUT2D eigenvalue weighted by Crippen LogP contribution is -2.39. The highest BCUT2D eigenvalue weighted by molar-refractivity contribution is 5.37. The Labute approximate surface area is 116 Å². The standard InChI is InChI=1S/C16H23N3/c1-12-9-14(10-17)3-4-16(12)11-19-7-5-15(6-8-19)13(2)18/h3-4,9,13,15H,5-8,11,18H2,1-2H3. The van der Waals surface area contributed by atoms with Gasteiger partial charge in [0.15, 0.2) is 0 Å². The van der Waals surface area contributed by atoms with Gasteiger partial charge in [-0.05, 0) is 69.0 Å². The molecular weight excluding hydrogens is 234 g/mol. The second kappa shape index (κ2) is 6.18. The normalized spacial score (nSPS) is 19.1. The zero-order chi connectivity index (χ0) is 13.8. The van der Waals surface area contributed by atoms with Crippen molar-refractivity contribution in [3.63, 3.8) is 0 Å². The molecule has 1 fully saturated rings. The van der Waals surface area contributed by atoms with Crippen LogP contribution in [0.15, 0.2) is 18.2 Å². The Hall–Kier alpha value is -1.37. The van der Waals surface area contributed by atoms with E-state index in [2.05, 4.69) is 30.9 Å². The minimum Gasteiger partial charge on any atom is -0.328 e. The lowest BCUT2D eigenvalue weighted by molar-refractivity contribution is 0.165. The SMILES string of the molecule is Cc1cc(C#N)ccc1CN1CCC(C(C)N)CC1. The van der Waals surface area contributed by atoms with Crippen LogP contribution >= 0.6 is 0 Å². The highest BCUT2D eigenvalue weighted by Crippen LogP contribution is 2.22. The quantitative estimate of drug-likeness (QED) is 0.904. The van der Waals surface area contributed by atoms with Crippen molar-refractivity contribution < 1.29 is 0 Å². The van der Waals surface area contributed by atoms with Gasteiger partial charge in [0.2, 0.25) is 0 Å². The van der Waals surface area contributed by atoms with Gasteiger partial charge in [-0.25, -0.2) is 0 Å². The Morgan fingerprint density at radius 1 is 1.42 bits per heavy atom. The number of nitriles is 1. The van der Waals surface area contributed by atoms with Crippen molar-refractivity contribution in [2.75, 3.05) is 13.1 Å². The zero-order valence-electron chi connectivity index (χ0n) is 11.9. The van der Waals surface area contributed by atoms with Crippen LogP contribution in [0.5, 0.6) is 0 Å². The monoisotopic (exact) mass is 257 g/mol. The molecule has 1 saturated heterocycles. The summed E-state index contributed by atoms with van der Waals surface area (Å²) in [5, 5.41) is 8.88. The van der Waals surface area contributed by atoms with E-state index in [1.807, 2.05) is 12.1 Å². The number of rotatable bonds is 3. The Morgan fingerprint density at radius 3 is 2.63 bits per heavy atom. The van der Waals surface area contributed by atoms with E-state index in [1.165, 1.54) is 24.0 Å². The highest BCUT2D eigenvalue weighted by atomic mass is 15.1. The summed E-state index contributed by atoms with van der Waals surface area (Å²) in [5.74, 6) is 0.679. The van der Waals surface area contributed by atoms with Crippen LogP contribution in [0.25, 0.3) is 0 Å². The number of nitrogens with two attached hydrogens (primary N) is 1. The Kier molecular flexibility index (Phi) is 4.57. The van der Waals surface area contributed by atoms with E-state index in [1.54, 1.807) is 0 Å². The Bertz CT molecular complexity index is 465. The van der Waals surface area contributed by atoms with Crippen molar-refractivity contribution in [3.8, 4) is 6.07 Å². The fourth-order valence-corrected chi connectivity index (χ4v) is 2.82. The van der Waals surface area contributed by atoms with E-state index >= 15 is 0 Å². The minimum absolute atomic E-state index is 0.318. The van der Waals surface area contributed by atoms with E-state index in [-0.39, 0.29) is 0 Å². The number of piperidine rings is 1. The predicted molar refractivity (Wildman–Crippen MR) is 77.5 cm³/mol. The average Bonchev–Trinajstić information content (AvgIpc) is 2.41. The molecule has 19 heavy (non-hydrogen) atoms. The summed E-state index contributed by atoms with van der Waals surface area (Å²) in [6.07, 6.45) is 2.40. The van der Waals surface area contributed by atoms with E-state index in [9.17, 15) is 0 Å². The third kappa shape index (κ3) is 3.56. The van der Waals surface area contributed by atoms with Crippen LogP contribution in [-0.2, 0) is 6.54 Å². The largest absolute Gasteiger partial charge is 0.328 e. The van der Waals surface area contributed by atoms with Crippen LogP contribution in [0.3, 0.4) is 0 Å². The van der Waals surface area contributed by atoms with Crippen molar-refractivity contribution in [2.45, 2.75) is 39.3 Å². The predicted octanol–water partition coefficient (Wildman–Crippen LogP) is 2.43. The first-order chi connectivity index (χ1) is 9.10. The molecule has 3 nitrogen and oxygen atoms in total. The zero-order valence-corrected chi connectivity index (χ0v) is 11.9. The van der Waals surface area contributed by atoms with Gasteiger partial charge in [-0.15, -0.1) is 0 Å². The third-order valence-electron chi connectivity index (χ3n) is 4.24. The Morgan fingerprint density at radius 2 is 2.11 bits per heavy atom. The number of hydrogen-bond donors (Lipinski definition) is 1. The summed E-state index contributed by atoms with van der Waals surface area (Å²) in [4.78, 5) is 2.49. The van der Waals surface area contributed by atoms with Gasteiger partial charge in [-0.3, -0.25) is 4.90 Å². The summed E-state index contributed by atoms with van der Waals surface area (Å²) in [6.45, 7) is 7.45. The molecule has 0 aromatic heterocycles. The molecule has 1 aromatic carbocycles. The number of nitrogens with zero attached hydrogens (tertiary/aromatic N) is 2. The van der Waals surface area contributed by atoms with E-state index < -0.39 is 0 Å². The first-order valence-electron chi connectivity index (χ1n) is 7.07. The van der Waals surface area contributed by atoms with Gasteiger partial charge in [0, 0.05) is 12.6 Å². The topological polar surface area (TPSA) is 53.0 Å². The van der Waals surface area contributed by atoms with Crippen LogP contribution in [0.2, 0.25) is 0 Å². The molecule has 0 radical (unpaired) electrons. The molecule has 1 aliphatic heterocycles. The van der Waals surface area contributed by atoms with Crippen molar-refractivity contribution in [3.05, 3.63) is 34.9 Å². The molecule has 0 spiro atoms. The van der Waals surface area contributed by atoms with Gasteiger partial charge >= 0.3 is 0 Å². The van der Waals surface area contributed by atoms with Gasteiger partial charge in [0.25, 0.3) is 0 Å². The minimum atomic E-state index is 0.318. The van der Waals surface area contributed by atoms with E-state index in [4.69, 9.17) is 11.0 Å². The van der Waals surface area contributed by atoms with Gasteiger partial charge in [0.05, 0.1) is 11.6 Å². The van der Waals surface area contributed by atoms with Crippen LogP contribution in [0.4, 0.5) is 0 Å². The molecule has 0 saturated carbocycles. The number of aryl methyl sites for hydroxylation is 1. The summed E-state index contributed by atoms with van der Waals surface area (Å²) in [6, 6.07) is 8.49. The molecule has 2 rings (SSSR count). The van der Waals surface area contributed by atoms with Gasteiger partial charge in [-0.1, -0.05) is 6.07 Å². The third-order valence-corrected chi connectivity index (χ3v) is 4.24. The molecule has 1 atom stereocenters. The molecule has 1 aromatic rings. The molecule has 102 valence electrons. The number of hydrogen-bond acceptors (Lipinski definition) is 3. The van der Waals surface area contributed by atoms with Crippen LogP contribution in [-0.4, -0.2) is 24.0 Å². The molecule has 0 bridgehead atoms. The number of likely N-dealkylation sites (tertiary alicyclic amines) is 1. The fourth-order valence-electron chi connectivity index (χ4n) is 2.82. The molecular formula is C16H23N3. The Balaban J connectivity index is 1.94. The maximum absolute atomic E-state index is 8.88. The molecule has 1 heterocycles. The van der Waals surface area contributed by atoms with Crippen molar-refractivity contribution in [2.24, 2.45) is 11.7 Å². The average molecular weight is 257 g/mol. The maximum atomic E-state index is 8.88. The van der Waals surface area contributed by atoms with E-state index in [0.717, 1.165) is 25.2 Å². The maximum Gasteiger partial charge on any atom is 0.0991 e. The van der Waals surface area contributed by atoms with Crippen LogP contribution < -0.4 is 5.73 Å². The summed E-state index contributed by atoms with van der Waals surface area (Å²) in [7, 11) is 0. The van der Waals surface area contributed by atoms with Crippen molar-refractivity contribution >= 4 is 0 Å². The van der Waals surface area contributed by atoms with Gasteiger partial charge in [-0.2, -0.15) is 5.26 Å².